The van der Waals surface area contributed by atoms with E-state index in [0.717, 1.165) is 18.2 Å². The van der Waals surface area contributed by atoms with E-state index >= 15 is 0 Å². The Labute approximate surface area is 123 Å². The molecule has 0 bridgehead atoms. The van der Waals surface area contributed by atoms with Gasteiger partial charge in [-0.3, -0.25) is 9.59 Å². The maximum absolute atomic E-state index is 11.4. The molecule has 0 unspecified atom stereocenters. The van der Waals surface area contributed by atoms with Crippen molar-refractivity contribution in [3.63, 3.8) is 0 Å². The molecule has 20 heavy (non-hydrogen) atoms. The van der Waals surface area contributed by atoms with Gasteiger partial charge in [-0.2, -0.15) is 4.98 Å². The van der Waals surface area contributed by atoms with E-state index in [9.17, 15) is 9.59 Å². The highest BCUT2D eigenvalue weighted by atomic mass is 32.2. The molecule has 0 saturated carbocycles. The third kappa shape index (κ3) is 5.00. The molecule has 0 aliphatic rings. The monoisotopic (exact) mass is 298 g/mol. The van der Waals surface area contributed by atoms with Crippen molar-refractivity contribution in [3.8, 4) is 0 Å². The van der Waals surface area contributed by atoms with Crippen molar-refractivity contribution in [2.24, 2.45) is 5.41 Å². The molecule has 0 aromatic carbocycles. The summed E-state index contributed by atoms with van der Waals surface area (Å²) in [4.78, 5) is 26.1. The minimum Gasteiger partial charge on any atom is -0.481 e. The first-order valence-corrected chi connectivity index (χ1v) is 7.45. The first kappa shape index (κ1) is 16.8. The van der Waals surface area contributed by atoms with Crippen LogP contribution < -0.4 is 5.56 Å². The van der Waals surface area contributed by atoms with Crippen molar-refractivity contribution < 1.29 is 9.90 Å². The topological polar surface area (TPSA) is 72.2 Å². The molecule has 1 N–H and O–H groups in total. The minimum atomic E-state index is -0.923. The summed E-state index contributed by atoms with van der Waals surface area (Å²) >= 11 is 1.07. The largest absolute Gasteiger partial charge is 0.481 e. The maximum Gasteiger partial charge on any atom is 0.313 e. The van der Waals surface area contributed by atoms with Crippen LogP contribution in [0.4, 0.5) is 0 Å². The van der Waals surface area contributed by atoms with Gasteiger partial charge in [0.05, 0.1) is 5.75 Å². The van der Waals surface area contributed by atoms with E-state index in [1.165, 1.54) is 6.07 Å². The predicted octanol–water partition coefficient (Wildman–Crippen LogP) is 2.59. The Morgan fingerprint density at radius 2 is 1.95 bits per heavy atom. The van der Waals surface area contributed by atoms with Crippen molar-refractivity contribution in [1.29, 1.82) is 0 Å². The fraction of sp³-hybridized carbons (Fsp3) is 0.643. The Hall–Kier alpha value is -1.30. The predicted molar refractivity (Wildman–Crippen MR) is 80.3 cm³/mol. The number of carboxylic acids is 1. The van der Waals surface area contributed by atoms with Crippen molar-refractivity contribution in [3.05, 3.63) is 22.6 Å². The van der Waals surface area contributed by atoms with Gasteiger partial charge >= 0.3 is 5.97 Å². The second-order valence-corrected chi connectivity index (χ2v) is 7.59. The summed E-state index contributed by atoms with van der Waals surface area (Å²) in [6.07, 6.45) is 2.58. The van der Waals surface area contributed by atoms with E-state index in [2.05, 4.69) is 39.6 Å². The number of hydrogen-bond acceptors (Lipinski definition) is 4. The Morgan fingerprint density at radius 1 is 1.35 bits per heavy atom. The Morgan fingerprint density at radius 3 is 2.45 bits per heavy atom. The number of hydrogen-bond donors (Lipinski definition) is 1. The normalized spacial score (nSPS) is 12.4. The first-order chi connectivity index (χ1) is 9.01. The van der Waals surface area contributed by atoms with E-state index in [1.807, 2.05) is 4.57 Å². The van der Waals surface area contributed by atoms with Gasteiger partial charge in [0.15, 0.2) is 5.16 Å². The second-order valence-electron chi connectivity index (χ2n) is 6.65. The van der Waals surface area contributed by atoms with E-state index in [1.54, 1.807) is 6.20 Å². The molecule has 1 heterocycles. The molecule has 1 rings (SSSR count). The molecule has 112 valence electrons. The fourth-order valence-electron chi connectivity index (χ4n) is 2.46. The zero-order valence-electron chi connectivity index (χ0n) is 12.6. The van der Waals surface area contributed by atoms with Gasteiger partial charge in [-0.1, -0.05) is 32.5 Å². The smallest absolute Gasteiger partial charge is 0.313 e. The summed E-state index contributed by atoms with van der Waals surface area (Å²) in [6.45, 7) is 10.6. The molecule has 5 nitrogen and oxygen atoms in total. The lowest BCUT2D eigenvalue weighted by atomic mass is 9.81. The van der Waals surface area contributed by atoms with Gasteiger partial charge in [0.2, 0.25) is 0 Å². The highest BCUT2D eigenvalue weighted by Gasteiger charge is 2.28. The van der Waals surface area contributed by atoms with E-state index in [4.69, 9.17) is 5.11 Å². The quantitative estimate of drug-likeness (QED) is 0.668. The average Bonchev–Trinajstić information content (AvgIpc) is 2.22. The van der Waals surface area contributed by atoms with Crippen LogP contribution in [0.1, 0.15) is 41.0 Å². The molecular formula is C14H22N2O3S. The zero-order valence-corrected chi connectivity index (χ0v) is 13.5. The molecule has 6 heteroatoms. The number of rotatable bonds is 5. The number of aromatic nitrogens is 2. The zero-order chi connectivity index (χ0) is 15.6. The van der Waals surface area contributed by atoms with Crippen LogP contribution in [-0.4, -0.2) is 26.4 Å². The van der Waals surface area contributed by atoms with Crippen LogP contribution in [-0.2, 0) is 10.3 Å². The summed E-state index contributed by atoms with van der Waals surface area (Å²) in [5.41, 5.74) is -0.484. The minimum absolute atomic E-state index is 0.109. The molecular weight excluding hydrogens is 276 g/mol. The van der Waals surface area contributed by atoms with Crippen LogP contribution in [0.15, 0.2) is 22.2 Å². The summed E-state index contributed by atoms with van der Waals surface area (Å²) < 4.78 is 1.90. The summed E-state index contributed by atoms with van der Waals surface area (Å²) in [6, 6.07) is 1.41. The van der Waals surface area contributed by atoms with E-state index < -0.39 is 5.97 Å². The first-order valence-electron chi connectivity index (χ1n) is 6.46. The molecule has 0 amide bonds. The van der Waals surface area contributed by atoms with Gasteiger partial charge in [0.1, 0.15) is 0 Å². The van der Waals surface area contributed by atoms with Crippen molar-refractivity contribution in [2.75, 3.05) is 5.75 Å². The van der Waals surface area contributed by atoms with Crippen LogP contribution in [0.3, 0.4) is 0 Å². The molecule has 0 saturated heterocycles. The third-order valence-electron chi connectivity index (χ3n) is 2.72. The Kier molecular flexibility index (Phi) is 5.02. The number of carboxylic acid groups (broad SMARTS) is 1. The molecule has 0 fully saturated rings. The second kappa shape index (κ2) is 5.99. The van der Waals surface area contributed by atoms with Crippen molar-refractivity contribution in [1.82, 2.24) is 9.55 Å². The number of thioether (sulfide) groups is 1. The van der Waals surface area contributed by atoms with Gasteiger partial charge < -0.3 is 9.67 Å². The highest BCUT2D eigenvalue weighted by Crippen LogP contribution is 2.34. The molecule has 0 radical (unpaired) electrons. The van der Waals surface area contributed by atoms with Crippen LogP contribution in [0, 0.1) is 5.41 Å². The SMILES string of the molecule is CC(C)(C)CC(C)(C)n1ccc(=O)nc1SCC(=O)O. The molecule has 0 atom stereocenters. The van der Waals surface area contributed by atoms with Crippen LogP contribution in [0.5, 0.6) is 0 Å². The summed E-state index contributed by atoms with van der Waals surface area (Å²) in [5, 5.41) is 9.24. The van der Waals surface area contributed by atoms with Crippen LogP contribution in [0.25, 0.3) is 0 Å². The molecule has 1 aromatic rings. The van der Waals surface area contributed by atoms with Crippen LogP contribution >= 0.6 is 11.8 Å². The number of aliphatic carboxylic acids is 1. The van der Waals surface area contributed by atoms with Gasteiger partial charge in [-0.05, 0) is 25.7 Å². The standard InChI is InChI=1S/C14H22N2O3S/c1-13(2,3)9-14(4,5)16-7-6-10(17)15-12(16)20-8-11(18)19/h6-7H,8-9H2,1-5H3,(H,18,19). The lowest BCUT2D eigenvalue weighted by molar-refractivity contribution is -0.133. The number of nitrogens with zero attached hydrogens (tertiary/aromatic N) is 2. The van der Waals surface area contributed by atoms with Gasteiger partial charge in [0, 0.05) is 17.8 Å². The van der Waals surface area contributed by atoms with Gasteiger partial charge in [-0.25, -0.2) is 0 Å². The Balaban J connectivity index is 3.15. The lowest BCUT2D eigenvalue weighted by Crippen LogP contribution is -2.34. The van der Waals surface area contributed by atoms with Gasteiger partial charge in [0.25, 0.3) is 5.56 Å². The van der Waals surface area contributed by atoms with E-state index in [-0.39, 0.29) is 22.3 Å². The molecule has 0 spiro atoms. The highest BCUT2D eigenvalue weighted by molar-refractivity contribution is 7.99. The lowest BCUT2D eigenvalue weighted by Gasteiger charge is -2.35. The van der Waals surface area contributed by atoms with Crippen LogP contribution in [0.2, 0.25) is 0 Å². The maximum atomic E-state index is 11.4. The third-order valence-corrected chi connectivity index (χ3v) is 3.66. The summed E-state index contributed by atoms with van der Waals surface area (Å²) in [7, 11) is 0. The fourth-order valence-corrected chi connectivity index (χ4v) is 3.31. The summed E-state index contributed by atoms with van der Waals surface area (Å²) in [5.74, 6) is -1.03. The molecule has 0 aliphatic heterocycles. The number of carbonyl (C=O) groups is 1. The molecule has 1 aromatic heterocycles. The van der Waals surface area contributed by atoms with E-state index in [0.29, 0.717) is 5.16 Å². The molecule has 0 aliphatic carbocycles. The Bertz CT molecular complexity index is 544. The van der Waals surface area contributed by atoms with Crippen molar-refractivity contribution >= 4 is 17.7 Å². The average molecular weight is 298 g/mol. The van der Waals surface area contributed by atoms with Crippen molar-refractivity contribution in [2.45, 2.75) is 51.7 Å². The van der Waals surface area contributed by atoms with Gasteiger partial charge in [-0.15, -0.1) is 0 Å².